The van der Waals surface area contributed by atoms with Gasteiger partial charge in [0, 0.05) is 32.7 Å². The Balaban J connectivity index is 1.79. The first-order chi connectivity index (χ1) is 10.6. The zero-order valence-electron chi connectivity index (χ0n) is 13.1. The van der Waals surface area contributed by atoms with Crippen LogP contribution in [-0.4, -0.2) is 65.0 Å². The molecule has 122 valence electrons. The summed E-state index contributed by atoms with van der Waals surface area (Å²) in [7, 11) is 0. The van der Waals surface area contributed by atoms with Crippen LogP contribution >= 0.6 is 11.8 Å². The lowest BCUT2D eigenvalue weighted by Crippen LogP contribution is -2.53. The van der Waals surface area contributed by atoms with Crippen molar-refractivity contribution in [2.24, 2.45) is 5.73 Å². The third kappa shape index (κ3) is 4.90. The van der Waals surface area contributed by atoms with Gasteiger partial charge in [0.15, 0.2) is 0 Å². The van der Waals surface area contributed by atoms with Crippen LogP contribution in [0.2, 0.25) is 0 Å². The minimum Gasteiger partial charge on any atom is -0.508 e. The van der Waals surface area contributed by atoms with E-state index in [0.29, 0.717) is 5.75 Å². The van der Waals surface area contributed by atoms with E-state index in [0.717, 1.165) is 50.5 Å². The number of benzene rings is 1. The number of amides is 1. The first kappa shape index (κ1) is 17.1. The molecule has 1 fully saturated rings. The van der Waals surface area contributed by atoms with Crippen LogP contribution in [0.3, 0.4) is 0 Å². The molecule has 22 heavy (non-hydrogen) atoms. The van der Waals surface area contributed by atoms with Gasteiger partial charge in [-0.3, -0.25) is 9.69 Å². The Morgan fingerprint density at radius 2 is 2.09 bits per heavy atom. The highest BCUT2D eigenvalue weighted by Gasteiger charge is 2.24. The molecular weight excluding hydrogens is 298 g/mol. The number of rotatable bonds is 6. The molecule has 1 aliphatic heterocycles. The number of nitrogens with two attached hydrogens (primary N) is 1. The van der Waals surface area contributed by atoms with Crippen LogP contribution in [0.5, 0.6) is 5.75 Å². The van der Waals surface area contributed by atoms with Gasteiger partial charge < -0.3 is 15.7 Å². The Morgan fingerprint density at radius 1 is 1.36 bits per heavy atom. The maximum atomic E-state index is 12.3. The summed E-state index contributed by atoms with van der Waals surface area (Å²) in [4.78, 5) is 16.4. The topological polar surface area (TPSA) is 69.8 Å². The van der Waals surface area contributed by atoms with Crippen molar-refractivity contribution in [1.29, 1.82) is 0 Å². The molecule has 0 saturated carbocycles. The van der Waals surface area contributed by atoms with Gasteiger partial charge in [0.1, 0.15) is 5.75 Å². The molecule has 1 saturated heterocycles. The number of phenolic OH excluding ortho intramolecular Hbond substituents is 1. The van der Waals surface area contributed by atoms with Gasteiger partial charge in [-0.2, -0.15) is 11.8 Å². The predicted octanol–water partition coefficient (Wildman–Crippen LogP) is 1.12. The molecule has 0 radical (unpaired) electrons. The number of hydrogen-bond acceptors (Lipinski definition) is 5. The number of aromatic hydroxyl groups is 1. The van der Waals surface area contributed by atoms with E-state index in [9.17, 15) is 9.90 Å². The normalized spacial score (nSPS) is 17.5. The number of thioether (sulfide) groups is 1. The molecule has 1 amide bonds. The Bertz CT molecular complexity index is 490. The highest BCUT2D eigenvalue weighted by Crippen LogP contribution is 2.14. The summed E-state index contributed by atoms with van der Waals surface area (Å²) < 4.78 is 0. The van der Waals surface area contributed by atoms with Crippen molar-refractivity contribution >= 4 is 17.7 Å². The monoisotopic (exact) mass is 323 g/mol. The van der Waals surface area contributed by atoms with E-state index >= 15 is 0 Å². The summed E-state index contributed by atoms with van der Waals surface area (Å²) in [6, 6.07) is 6.96. The van der Waals surface area contributed by atoms with Crippen LogP contribution in [0.4, 0.5) is 0 Å². The highest BCUT2D eigenvalue weighted by atomic mass is 32.2. The smallest absolute Gasteiger partial charge is 0.239 e. The van der Waals surface area contributed by atoms with Crippen LogP contribution < -0.4 is 5.73 Å². The minimum absolute atomic E-state index is 0.0751. The van der Waals surface area contributed by atoms with E-state index in [1.807, 2.05) is 23.3 Å². The summed E-state index contributed by atoms with van der Waals surface area (Å²) >= 11 is 1.72. The molecule has 0 spiro atoms. The molecule has 1 heterocycles. The van der Waals surface area contributed by atoms with Crippen molar-refractivity contribution in [2.45, 2.75) is 19.0 Å². The van der Waals surface area contributed by atoms with Crippen LogP contribution in [0.15, 0.2) is 24.3 Å². The van der Waals surface area contributed by atoms with E-state index in [1.165, 1.54) is 0 Å². The second kappa shape index (κ2) is 8.41. The van der Waals surface area contributed by atoms with Gasteiger partial charge in [-0.25, -0.2) is 0 Å². The molecular formula is C16H25N3O2S. The quantitative estimate of drug-likeness (QED) is 0.821. The van der Waals surface area contributed by atoms with Crippen molar-refractivity contribution in [2.75, 3.05) is 38.2 Å². The molecule has 0 unspecified atom stereocenters. The van der Waals surface area contributed by atoms with Crippen LogP contribution in [0, 0.1) is 0 Å². The van der Waals surface area contributed by atoms with Gasteiger partial charge >= 0.3 is 0 Å². The van der Waals surface area contributed by atoms with E-state index in [2.05, 4.69) is 4.90 Å². The zero-order valence-corrected chi connectivity index (χ0v) is 13.9. The van der Waals surface area contributed by atoms with Gasteiger partial charge in [0.25, 0.3) is 0 Å². The van der Waals surface area contributed by atoms with Gasteiger partial charge in [0.2, 0.25) is 5.91 Å². The minimum atomic E-state index is -0.370. The van der Waals surface area contributed by atoms with Crippen molar-refractivity contribution in [3.05, 3.63) is 29.8 Å². The fourth-order valence-electron chi connectivity index (χ4n) is 2.64. The summed E-state index contributed by atoms with van der Waals surface area (Å²) in [6.45, 7) is 3.94. The van der Waals surface area contributed by atoms with E-state index in [-0.39, 0.29) is 11.9 Å². The van der Waals surface area contributed by atoms with Crippen molar-refractivity contribution < 1.29 is 9.90 Å². The lowest BCUT2D eigenvalue weighted by Gasteiger charge is -2.36. The molecule has 1 aromatic carbocycles. The number of carbonyl (C=O) groups is 1. The fraction of sp³-hybridized carbons (Fsp3) is 0.562. The average molecular weight is 323 g/mol. The fourth-order valence-corrected chi connectivity index (χ4v) is 3.13. The SMILES string of the molecule is CSCC[C@H](N)C(=O)N1CCN(Cc2cccc(O)c2)CC1. The molecule has 3 N–H and O–H groups in total. The predicted molar refractivity (Wildman–Crippen MR) is 90.9 cm³/mol. The largest absolute Gasteiger partial charge is 0.508 e. The maximum Gasteiger partial charge on any atom is 0.239 e. The molecule has 6 heteroatoms. The average Bonchev–Trinajstić information content (AvgIpc) is 2.52. The summed E-state index contributed by atoms with van der Waals surface area (Å²) in [5.74, 6) is 1.29. The molecule has 5 nitrogen and oxygen atoms in total. The lowest BCUT2D eigenvalue weighted by molar-refractivity contribution is -0.134. The zero-order chi connectivity index (χ0) is 15.9. The third-order valence-corrected chi connectivity index (χ3v) is 4.59. The van der Waals surface area contributed by atoms with Crippen LogP contribution in [0.1, 0.15) is 12.0 Å². The number of piperazine rings is 1. The standard InChI is InChI=1S/C16H25N3O2S/c1-22-10-5-15(17)16(21)19-8-6-18(7-9-19)12-13-3-2-4-14(20)11-13/h2-4,11,15,20H,5-10,12,17H2,1H3/t15-/m0/s1. The van der Waals surface area contributed by atoms with E-state index < -0.39 is 0 Å². The summed E-state index contributed by atoms with van der Waals surface area (Å²) in [6.07, 6.45) is 2.76. The van der Waals surface area contributed by atoms with Gasteiger partial charge in [-0.15, -0.1) is 0 Å². The Kier molecular flexibility index (Phi) is 6.54. The third-order valence-electron chi connectivity index (χ3n) is 3.95. The Labute approximate surface area is 136 Å². The Morgan fingerprint density at radius 3 is 2.73 bits per heavy atom. The van der Waals surface area contributed by atoms with Crippen molar-refractivity contribution in [3.63, 3.8) is 0 Å². The van der Waals surface area contributed by atoms with Crippen molar-refractivity contribution in [3.8, 4) is 5.75 Å². The first-order valence-corrected chi connectivity index (χ1v) is 9.03. The van der Waals surface area contributed by atoms with Gasteiger partial charge in [-0.05, 0) is 36.1 Å². The summed E-state index contributed by atoms with van der Waals surface area (Å²) in [5.41, 5.74) is 7.06. The maximum absolute atomic E-state index is 12.3. The van der Waals surface area contributed by atoms with Crippen molar-refractivity contribution in [1.82, 2.24) is 9.80 Å². The van der Waals surface area contributed by atoms with E-state index in [4.69, 9.17) is 5.73 Å². The highest BCUT2D eigenvalue weighted by molar-refractivity contribution is 7.98. The number of carbonyl (C=O) groups excluding carboxylic acids is 1. The van der Waals surface area contributed by atoms with E-state index in [1.54, 1.807) is 23.9 Å². The number of nitrogens with zero attached hydrogens (tertiary/aromatic N) is 2. The molecule has 0 aliphatic carbocycles. The molecule has 1 atom stereocenters. The molecule has 0 aromatic heterocycles. The number of phenols is 1. The molecule has 1 aliphatic rings. The lowest BCUT2D eigenvalue weighted by atomic mass is 10.1. The van der Waals surface area contributed by atoms with Gasteiger partial charge in [-0.1, -0.05) is 12.1 Å². The molecule has 0 bridgehead atoms. The van der Waals surface area contributed by atoms with Gasteiger partial charge in [0.05, 0.1) is 6.04 Å². The number of hydrogen-bond donors (Lipinski definition) is 2. The Hall–Kier alpha value is -1.24. The second-order valence-electron chi connectivity index (χ2n) is 5.66. The van der Waals surface area contributed by atoms with Crippen LogP contribution in [0.25, 0.3) is 0 Å². The first-order valence-electron chi connectivity index (χ1n) is 7.63. The second-order valence-corrected chi connectivity index (χ2v) is 6.64. The van der Waals surface area contributed by atoms with Crippen LogP contribution in [-0.2, 0) is 11.3 Å². The molecule has 1 aromatic rings. The molecule has 2 rings (SSSR count). The summed E-state index contributed by atoms with van der Waals surface area (Å²) in [5, 5.41) is 9.50.